The quantitative estimate of drug-likeness (QED) is 0.679. The zero-order valence-electron chi connectivity index (χ0n) is 15.3. The largest absolute Gasteiger partial charge is 0.451 e. The molecule has 0 aliphatic heterocycles. The van der Waals surface area contributed by atoms with Gasteiger partial charge in [-0.25, -0.2) is 4.79 Å². The van der Waals surface area contributed by atoms with E-state index in [4.69, 9.17) is 16.3 Å². The second kappa shape index (κ2) is 9.03. The normalized spacial score (nSPS) is 15.9. The van der Waals surface area contributed by atoms with Crippen LogP contribution in [0.5, 0.6) is 0 Å². The molecule has 0 unspecified atom stereocenters. The number of nitrogens with one attached hydrogen (secondary N) is 2. The molecule has 0 bridgehead atoms. The summed E-state index contributed by atoms with van der Waals surface area (Å²) in [6, 6.07) is 5.75. The molecule has 1 aromatic carbocycles. The molecule has 2 amide bonds. The number of carbonyl (C=O) groups is 3. The van der Waals surface area contributed by atoms with E-state index >= 15 is 0 Å². The van der Waals surface area contributed by atoms with Crippen molar-refractivity contribution in [2.45, 2.75) is 58.2 Å². The summed E-state index contributed by atoms with van der Waals surface area (Å²) in [5.74, 6) is -1.15. The fraction of sp³-hybridized carbons (Fsp3) is 0.526. The van der Waals surface area contributed by atoms with Gasteiger partial charge in [0.2, 0.25) is 0 Å². The summed E-state index contributed by atoms with van der Waals surface area (Å²) < 4.78 is 5.27. The molecule has 0 radical (unpaired) electrons. The Bertz CT molecular complexity index is 656. The number of halogens is 1. The fourth-order valence-electron chi connectivity index (χ4n) is 2.38. The summed E-state index contributed by atoms with van der Waals surface area (Å²) in [6.45, 7) is 5.42. The van der Waals surface area contributed by atoms with Crippen molar-refractivity contribution in [2.75, 3.05) is 0 Å². The van der Waals surface area contributed by atoms with Crippen molar-refractivity contribution >= 4 is 29.4 Å². The first-order chi connectivity index (χ1) is 12.3. The Kier molecular flexibility index (Phi) is 7.03. The van der Waals surface area contributed by atoms with Crippen LogP contribution in [0.2, 0.25) is 5.02 Å². The fourth-order valence-corrected chi connectivity index (χ4v) is 2.51. The molecule has 0 aromatic heterocycles. The Balaban J connectivity index is 1.97. The Labute approximate surface area is 158 Å². The number of amides is 2. The minimum absolute atomic E-state index is 0.161. The van der Waals surface area contributed by atoms with E-state index in [2.05, 4.69) is 10.6 Å². The third kappa shape index (κ3) is 6.33. The monoisotopic (exact) mass is 380 g/mol. The number of benzene rings is 1. The van der Waals surface area contributed by atoms with Gasteiger partial charge in [0.25, 0.3) is 11.8 Å². The number of hydrogen-bond donors (Lipinski definition) is 2. The van der Waals surface area contributed by atoms with Crippen molar-refractivity contribution in [3.63, 3.8) is 0 Å². The van der Waals surface area contributed by atoms with Crippen molar-refractivity contribution < 1.29 is 19.1 Å². The summed E-state index contributed by atoms with van der Waals surface area (Å²) in [4.78, 5) is 36.8. The lowest BCUT2D eigenvalue weighted by molar-refractivity contribution is -0.157. The Morgan fingerprint density at radius 1 is 1.15 bits per heavy atom. The van der Waals surface area contributed by atoms with Crippen molar-refractivity contribution in [3.8, 4) is 0 Å². The molecule has 0 spiro atoms. The summed E-state index contributed by atoms with van der Waals surface area (Å²) >= 11 is 5.82. The van der Waals surface area contributed by atoms with Gasteiger partial charge in [-0.15, -0.1) is 0 Å². The van der Waals surface area contributed by atoms with Crippen molar-refractivity contribution in [3.05, 3.63) is 34.9 Å². The molecule has 1 fully saturated rings. The summed E-state index contributed by atoms with van der Waals surface area (Å²) in [7, 11) is 0. The first kappa shape index (κ1) is 20.2. The minimum atomic E-state index is -0.898. The van der Waals surface area contributed by atoms with E-state index in [1.807, 2.05) is 13.8 Å². The lowest BCUT2D eigenvalue weighted by atomic mass is 10.0. The van der Waals surface area contributed by atoms with Crippen molar-refractivity contribution in [1.29, 1.82) is 0 Å². The third-order valence-electron chi connectivity index (χ3n) is 3.99. The first-order valence-corrected chi connectivity index (χ1v) is 9.21. The number of rotatable bonds is 8. The van der Waals surface area contributed by atoms with Crippen LogP contribution < -0.4 is 10.6 Å². The van der Waals surface area contributed by atoms with E-state index in [9.17, 15) is 14.4 Å². The molecule has 26 heavy (non-hydrogen) atoms. The lowest BCUT2D eigenvalue weighted by Crippen LogP contribution is -2.46. The molecule has 2 rings (SSSR count). The zero-order chi connectivity index (χ0) is 19.3. The Morgan fingerprint density at radius 3 is 2.31 bits per heavy atom. The molecule has 6 nitrogen and oxygen atoms in total. The van der Waals surface area contributed by atoms with Crippen LogP contribution in [0.3, 0.4) is 0 Å². The molecule has 1 aromatic rings. The highest BCUT2D eigenvalue weighted by molar-refractivity contribution is 6.30. The van der Waals surface area contributed by atoms with Gasteiger partial charge >= 0.3 is 5.97 Å². The highest BCUT2D eigenvalue weighted by Crippen LogP contribution is 2.19. The molecule has 2 atom stereocenters. The predicted octanol–water partition coefficient (Wildman–Crippen LogP) is 2.69. The number of carbonyl (C=O) groups excluding carboxylic acids is 3. The van der Waals surface area contributed by atoms with E-state index in [1.54, 1.807) is 24.3 Å². The van der Waals surface area contributed by atoms with Crippen LogP contribution in [0.1, 0.15) is 50.4 Å². The van der Waals surface area contributed by atoms with Crippen LogP contribution in [0.4, 0.5) is 0 Å². The van der Waals surface area contributed by atoms with Gasteiger partial charge in [0.1, 0.15) is 6.04 Å². The number of hydrogen-bond acceptors (Lipinski definition) is 4. The van der Waals surface area contributed by atoms with Crippen molar-refractivity contribution in [1.82, 2.24) is 10.6 Å². The van der Waals surface area contributed by atoms with E-state index in [0.717, 1.165) is 12.8 Å². The topological polar surface area (TPSA) is 84.5 Å². The van der Waals surface area contributed by atoms with Crippen molar-refractivity contribution in [2.24, 2.45) is 5.92 Å². The SMILES string of the molecule is CC(C)C[C@@H](NC(=O)c1ccc(Cl)cc1)C(=O)O[C@@H](C)C(=O)NC1CC1. The lowest BCUT2D eigenvalue weighted by Gasteiger charge is -2.21. The minimum Gasteiger partial charge on any atom is -0.451 e. The Hall–Kier alpha value is -2.08. The molecule has 7 heteroatoms. The summed E-state index contributed by atoms with van der Waals surface area (Å²) in [5, 5.41) is 6.01. The van der Waals surface area contributed by atoms with Crippen LogP contribution in [0.15, 0.2) is 24.3 Å². The Morgan fingerprint density at radius 2 is 1.77 bits per heavy atom. The number of ether oxygens (including phenoxy) is 1. The number of esters is 1. The molecule has 1 saturated carbocycles. The maximum atomic E-state index is 12.5. The predicted molar refractivity (Wildman–Crippen MR) is 98.9 cm³/mol. The zero-order valence-corrected chi connectivity index (χ0v) is 16.0. The van der Waals surface area contributed by atoms with Gasteiger partial charge in [-0.1, -0.05) is 25.4 Å². The van der Waals surface area contributed by atoms with Gasteiger partial charge < -0.3 is 15.4 Å². The van der Waals surface area contributed by atoms with Gasteiger partial charge in [-0.2, -0.15) is 0 Å². The average Bonchev–Trinajstić information content (AvgIpc) is 3.38. The van der Waals surface area contributed by atoms with E-state index in [-0.39, 0.29) is 23.8 Å². The average molecular weight is 381 g/mol. The van der Waals surface area contributed by atoms with Crippen LogP contribution in [-0.2, 0) is 14.3 Å². The second-order valence-electron chi connectivity index (χ2n) is 7.02. The van der Waals surface area contributed by atoms with Crippen LogP contribution in [0.25, 0.3) is 0 Å². The smallest absolute Gasteiger partial charge is 0.329 e. The van der Waals surface area contributed by atoms with Gasteiger partial charge in [0.05, 0.1) is 0 Å². The second-order valence-corrected chi connectivity index (χ2v) is 7.46. The van der Waals surface area contributed by atoms with Gasteiger partial charge in [0.15, 0.2) is 6.10 Å². The molecular weight excluding hydrogens is 356 g/mol. The maximum absolute atomic E-state index is 12.5. The molecule has 1 aliphatic carbocycles. The molecule has 142 valence electrons. The summed E-state index contributed by atoms with van der Waals surface area (Å²) in [5.41, 5.74) is 0.399. The summed E-state index contributed by atoms with van der Waals surface area (Å²) in [6.07, 6.45) is 1.43. The van der Waals surface area contributed by atoms with Crippen LogP contribution in [0, 0.1) is 5.92 Å². The third-order valence-corrected chi connectivity index (χ3v) is 4.24. The molecule has 1 aliphatic rings. The molecule has 2 N–H and O–H groups in total. The standard InChI is InChI=1S/C19H25ClN2O4/c1-11(2)10-16(22-18(24)13-4-6-14(20)7-5-13)19(25)26-12(3)17(23)21-15-8-9-15/h4-7,11-12,15-16H,8-10H2,1-3H3,(H,21,23)(H,22,24)/t12-,16+/m0/s1. The molecular formula is C19H25ClN2O4. The van der Waals surface area contributed by atoms with Gasteiger partial charge in [0, 0.05) is 16.6 Å². The van der Waals surface area contributed by atoms with Gasteiger partial charge in [-0.3, -0.25) is 9.59 Å². The molecule has 0 saturated heterocycles. The van der Waals surface area contributed by atoms with E-state index in [1.165, 1.54) is 6.92 Å². The first-order valence-electron chi connectivity index (χ1n) is 8.83. The van der Waals surface area contributed by atoms with E-state index < -0.39 is 18.1 Å². The molecule has 0 heterocycles. The highest BCUT2D eigenvalue weighted by atomic mass is 35.5. The maximum Gasteiger partial charge on any atom is 0.329 e. The van der Waals surface area contributed by atoms with Crippen LogP contribution in [-0.4, -0.2) is 36.0 Å². The van der Waals surface area contributed by atoms with E-state index in [0.29, 0.717) is 17.0 Å². The highest BCUT2D eigenvalue weighted by Gasteiger charge is 2.30. The van der Waals surface area contributed by atoms with Gasteiger partial charge in [-0.05, 0) is 56.4 Å². The van der Waals surface area contributed by atoms with Crippen LogP contribution >= 0.6 is 11.6 Å².